The maximum absolute atomic E-state index is 12.2. The number of amides is 1. The molecule has 0 bridgehead atoms. The van der Waals surface area contributed by atoms with Crippen molar-refractivity contribution in [1.82, 2.24) is 10.0 Å². The lowest BCUT2D eigenvalue weighted by molar-refractivity contribution is -0.156. The van der Waals surface area contributed by atoms with E-state index in [2.05, 4.69) is 10.0 Å². The Labute approximate surface area is 136 Å². The van der Waals surface area contributed by atoms with Crippen LogP contribution in [0.15, 0.2) is 29.2 Å². The zero-order valence-corrected chi connectivity index (χ0v) is 14.4. The topological polar surface area (TPSA) is 102 Å². The van der Waals surface area contributed by atoms with Crippen LogP contribution in [0.25, 0.3) is 0 Å². The van der Waals surface area contributed by atoms with Gasteiger partial charge in [-0.3, -0.25) is 9.59 Å². The van der Waals surface area contributed by atoms with Crippen molar-refractivity contribution >= 4 is 21.9 Å². The van der Waals surface area contributed by atoms with E-state index in [4.69, 9.17) is 4.74 Å². The molecule has 1 rings (SSSR count). The van der Waals surface area contributed by atoms with Crippen LogP contribution >= 0.6 is 0 Å². The number of hydrogen-bond donors (Lipinski definition) is 2. The minimum absolute atomic E-state index is 0.0551. The number of carbonyl (C=O) groups excluding carboxylic acids is 2. The lowest BCUT2D eigenvalue weighted by Gasteiger charge is -2.17. The summed E-state index contributed by atoms with van der Waals surface area (Å²) in [5.74, 6) is -1.26. The van der Waals surface area contributed by atoms with Crippen molar-refractivity contribution in [1.29, 1.82) is 0 Å². The fourth-order valence-corrected chi connectivity index (χ4v) is 2.91. The third-order valence-corrected chi connectivity index (χ3v) is 4.59. The van der Waals surface area contributed by atoms with Crippen LogP contribution in [0.4, 0.5) is 0 Å². The molecule has 23 heavy (non-hydrogen) atoms. The second-order valence-electron chi connectivity index (χ2n) is 5.13. The lowest BCUT2D eigenvalue weighted by Crippen LogP contribution is -2.43. The first-order chi connectivity index (χ1) is 10.7. The van der Waals surface area contributed by atoms with E-state index in [9.17, 15) is 18.0 Å². The number of likely N-dealkylation sites (N-methyl/N-ethyl adjacent to an activating group) is 1. The Balaban J connectivity index is 2.70. The highest BCUT2D eigenvalue weighted by atomic mass is 32.2. The average molecular weight is 342 g/mol. The first-order valence-corrected chi connectivity index (χ1v) is 8.73. The number of ether oxygens (including phenoxy) is 1. The number of esters is 1. The fourth-order valence-electron chi connectivity index (χ4n) is 1.71. The Hall–Kier alpha value is -1.93. The number of rotatable bonds is 7. The zero-order chi connectivity index (χ0) is 17.6. The third-order valence-electron chi connectivity index (χ3n) is 3.03. The maximum Gasteiger partial charge on any atom is 0.324 e. The van der Waals surface area contributed by atoms with Crippen molar-refractivity contribution in [3.8, 4) is 0 Å². The van der Waals surface area contributed by atoms with E-state index in [1.165, 1.54) is 26.0 Å². The summed E-state index contributed by atoms with van der Waals surface area (Å²) < 4.78 is 31.5. The van der Waals surface area contributed by atoms with Gasteiger partial charge in [0.05, 0.1) is 4.90 Å². The summed E-state index contributed by atoms with van der Waals surface area (Å²) in [4.78, 5) is 23.5. The average Bonchev–Trinajstić information content (AvgIpc) is 2.47. The molecule has 0 heterocycles. The Morgan fingerprint density at radius 2 is 1.74 bits per heavy atom. The van der Waals surface area contributed by atoms with Crippen LogP contribution in [0.2, 0.25) is 0 Å². The number of benzene rings is 1. The normalized spacial score (nSPS) is 13.9. The molecule has 0 aliphatic carbocycles. The Bertz CT molecular complexity index is 655. The molecule has 0 aliphatic rings. The molecule has 0 saturated carbocycles. The number of aryl methyl sites for hydroxylation is 1. The molecular formula is C15H22N2O5S. The summed E-state index contributed by atoms with van der Waals surface area (Å²) in [7, 11) is -3.84. The summed E-state index contributed by atoms with van der Waals surface area (Å²) in [5.41, 5.74) is 0.923. The van der Waals surface area contributed by atoms with Gasteiger partial charge in [-0.2, -0.15) is 4.72 Å². The van der Waals surface area contributed by atoms with Gasteiger partial charge in [0.2, 0.25) is 10.0 Å². The second kappa shape index (κ2) is 8.07. The van der Waals surface area contributed by atoms with Crippen LogP contribution in [0, 0.1) is 6.92 Å². The summed E-state index contributed by atoms with van der Waals surface area (Å²) in [5, 5.41) is 2.51. The first-order valence-electron chi connectivity index (χ1n) is 7.24. The fraction of sp³-hybridized carbons (Fsp3) is 0.467. The molecule has 0 aliphatic heterocycles. The van der Waals surface area contributed by atoms with Crippen molar-refractivity contribution in [2.45, 2.75) is 44.7 Å². The van der Waals surface area contributed by atoms with E-state index in [-0.39, 0.29) is 4.90 Å². The molecular weight excluding hydrogens is 320 g/mol. The summed E-state index contributed by atoms with van der Waals surface area (Å²) >= 11 is 0. The van der Waals surface area contributed by atoms with E-state index in [0.29, 0.717) is 6.54 Å². The van der Waals surface area contributed by atoms with Gasteiger partial charge in [-0.25, -0.2) is 8.42 Å². The summed E-state index contributed by atoms with van der Waals surface area (Å²) in [6.45, 7) is 6.77. The van der Waals surface area contributed by atoms with Crippen molar-refractivity contribution < 1.29 is 22.7 Å². The smallest absolute Gasteiger partial charge is 0.324 e. The van der Waals surface area contributed by atoms with Gasteiger partial charge in [-0.15, -0.1) is 0 Å². The van der Waals surface area contributed by atoms with Gasteiger partial charge in [0.1, 0.15) is 6.04 Å². The van der Waals surface area contributed by atoms with Gasteiger partial charge < -0.3 is 10.1 Å². The highest BCUT2D eigenvalue weighted by Gasteiger charge is 2.26. The standard InChI is InChI=1S/C15H22N2O5S/c1-5-16-14(18)12(4)22-15(19)11(3)17-23(20,21)13-8-6-10(2)7-9-13/h6-9,11-12,17H,5H2,1-4H3,(H,16,18)/t11-,12-/m0/s1. The minimum Gasteiger partial charge on any atom is -0.451 e. The molecule has 2 N–H and O–H groups in total. The summed E-state index contributed by atoms with van der Waals surface area (Å²) in [6, 6.07) is 5.11. The van der Waals surface area contributed by atoms with Crippen LogP contribution in [0.1, 0.15) is 26.3 Å². The van der Waals surface area contributed by atoms with Crippen LogP contribution < -0.4 is 10.0 Å². The molecule has 0 saturated heterocycles. The maximum atomic E-state index is 12.2. The lowest BCUT2D eigenvalue weighted by atomic mass is 10.2. The predicted molar refractivity (Wildman–Crippen MR) is 85.2 cm³/mol. The summed E-state index contributed by atoms with van der Waals surface area (Å²) in [6.07, 6.45) is -0.992. The number of hydrogen-bond acceptors (Lipinski definition) is 5. The number of nitrogens with one attached hydrogen (secondary N) is 2. The third kappa shape index (κ3) is 5.65. The zero-order valence-electron chi connectivity index (χ0n) is 13.6. The van der Waals surface area contributed by atoms with E-state index in [0.717, 1.165) is 5.56 Å². The Morgan fingerprint density at radius 1 is 1.17 bits per heavy atom. The van der Waals surface area contributed by atoms with Gasteiger partial charge in [0, 0.05) is 6.54 Å². The van der Waals surface area contributed by atoms with Crippen LogP contribution in [-0.4, -0.2) is 39.0 Å². The molecule has 0 aromatic heterocycles. The molecule has 1 amide bonds. The van der Waals surface area contributed by atoms with E-state index >= 15 is 0 Å². The molecule has 0 radical (unpaired) electrons. The van der Waals surface area contributed by atoms with Gasteiger partial charge in [0.25, 0.3) is 5.91 Å². The molecule has 0 fully saturated rings. The molecule has 0 unspecified atom stereocenters. The Kier molecular flexibility index (Phi) is 6.71. The van der Waals surface area contributed by atoms with Gasteiger partial charge in [0.15, 0.2) is 6.10 Å². The van der Waals surface area contributed by atoms with E-state index in [1.54, 1.807) is 19.1 Å². The second-order valence-corrected chi connectivity index (χ2v) is 6.84. The van der Waals surface area contributed by atoms with E-state index in [1.807, 2.05) is 6.92 Å². The first kappa shape index (κ1) is 19.1. The molecule has 7 nitrogen and oxygen atoms in total. The van der Waals surface area contributed by atoms with E-state index < -0.39 is 34.0 Å². The molecule has 1 aromatic carbocycles. The monoisotopic (exact) mass is 342 g/mol. The van der Waals surface area contributed by atoms with Crippen LogP contribution in [-0.2, 0) is 24.3 Å². The van der Waals surface area contributed by atoms with Crippen molar-refractivity contribution in [2.24, 2.45) is 0 Å². The van der Waals surface area contributed by atoms with Crippen LogP contribution in [0.3, 0.4) is 0 Å². The number of sulfonamides is 1. The van der Waals surface area contributed by atoms with Crippen molar-refractivity contribution in [3.63, 3.8) is 0 Å². The molecule has 128 valence electrons. The molecule has 2 atom stereocenters. The predicted octanol–water partition coefficient (Wildman–Crippen LogP) is 0.730. The number of carbonyl (C=O) groups is 2. The minimum atomic E-state index is -3.84. The van der Waals surface area contributed by atoms with Crippen molar-refractivity contribution in [2.75, 3.05) is 6.54 Å². The van der Waals surface area contributed by atoms with Crippen LogP contribution in [0.5, 0.6) is 0 Å². The Morgan fingerprint density at radius 3 is 2.26 bits per heavy atom. The van der Waals surface area contributed by atoms with Crippen molar-refractivity contribution in [3.05, 3.63) is 29.8 Å². The van der Waals surface area contributed by atoms with Gasteiger partial charge >= 0.3 is 5.97 Å². The quantitative estimate of drug-likeness (QED) is 0.711. The SMILES string of the molecule is CCNC(=O)[C@H](C)OC(=O)[C@H](C)NS(=O)(=O)c1ccc(C)cc1. The largest absolute Gasteiger partial charge is 0.451 e. The highest BCUT2D eigenvalue weighted by molar-refractivity contribution is 7.89. The van der Waals surface area contributed by atoms with Gasteiger partial charge in [-0.1, -0.05) is 17.7 Å². The van der Waals surface area contributed by atoms with Gasteiger partial charge in [-0.05, 0) is 39.8 Å². The molecule has 1 aromatic rings. The highest BCUT2D eigenvalue weighted by Crippen LogP contribution is 2.11. The molecule has 0 spiro atoms. The molecule has 8 heteroatoms.